The number of carboxylic acids is 1. The third kappa shape index (κ3) is 1.90. The molecule has 1 fully saturated rings. The Bertz CT molecular complexity index is 381. The maximum atomic E-state index is 11.5. The van der Waals surface area contributed by atoms with Crippen molar-refractivity contribution >= 4 is 5.97 Å². The summed E-state index contributed by atoms with van der Waals surface area (Å²) in [5, 5.41) is 9.50. The molecule has 2 rings (SSSR count). The first kappa shape index (κ1) is 13.6. The van der Waals surface area contributed by atoms with Crippen LogP contribution in [-0.2, 0) is 4.79 Å². The summed E-state index contributed by atoms with van der Waals surface area (Å²) in [4.78, 5) is 11.5. The monoisotopic (exact) mass is 250 g/mol. The Morgan fingerprint density at radius 2 is 2.11 bits per heavy atom. The van der Waals surface area contributed by atoms with E-state index in [0.717, 1.165) is 12.8 Å². The van der Waals surface area contributed by atoms with Crippen LogP contribution >= 0.6 is 0 Å². The molecule has 0 aliphatic heterocycles. The standard InChI is InChI=1S/C16H26O2/c1-5-16(4)12-7-6-10-15(2,3)11(12)8-9-13(16)14(17)18/h8,12-13H,5-7,9-10H2,1-4H3,(H,17,18)/t12-,13+,16+/m1/s1. The van der Waals surface area contributed by atoms with Crippen molar-refractivity contribution in [1.82, 2.24) is 0 Å². The Labute approximate surface area is 110 Å². The van der Waals surface area contributed by atoms with Crippen molar-refractivity contribution in [3.8, 4) is 0 Å². The van der Waals surface area contributed by atoms with E-state index in [1.54, 1.807) is 0 Å². The van der Waals surface area contributed by atoms with Gasteiger partial charge < -0.3 is 5.11 Å². The third-order valence-electron chi connectivity index (χ3n) is 5.68. The minimum atomic E-state index is -0.613. The maximum Gasteiger partial charge on any atom is 0.307 e. The van der Waals surface area contributed by atoms with Crippen LogP contribution in [0.4, 0.5) is 0 Å². The van der Waals surface area contributed by atoms with E-state index in [0.29, 0.717) is 5.92 Å². The summed E-state index contributed by atoms with van der Waals surface area (Å²) in [5.74, 6) is -0.343. The summed E-state index contributed by atoms with van der Waals surface area (Å²) in [5.41, 5.74) is 1.74. The number of allylic oxidation sites excluding steroid dienone is 2. The molecule has 0 aromatic carbocycles. The number of carboxylic acid groups (broad SMARTS) is 1. The van der Waals surface area contributed by atoms with E-state index in [4.69, 9.17) is 0 Å². The minimum absolute atomic E-state index is 0.0619. The van der Waals surface area contributed by atoms with Crippen molar-refractivity contribution in [3.63, 3.8) is 0 Å². The van der Waals surface area contributed by atoms with Crippen LogP contribution in [0.15, 0.2) is 11.6 Å². The SMILES string of the molecule is CC[C@@]1(C)[C@@H]2CCCC(C)(C)C2=CC[C@H]1C(=O)O. The predicted octanol–water partition coefficient (Wildman–Crippen LogP) is 4.26. The Balaban J connectivity index is 2.44. The molecule has 0 aromatic rings. The fraction of sp³-hybridized carbons (Fsp3) is 0.812. The number of hydrogen-bond acceptors (Lipinski definition) is 1. The van der Waals surface area contributed by atoms with Crippen LogP contribution in [0, 0.1) is 22.7 Å². The van der Waals surface area contributed by atoms with Crippen molar-refractivity contribution in [3.05, 3.63) is 11.6 Å². The average molecular weight is 250 g/mol. The van der Waals surface area contributed by atoms with Crippen molar-refractivity contribution in [2.75, 3.05) is 0 Å². The molecule has 2 heteroatoms. The average Bonchev–Trinajstić information content (AvgIpc) is 2.29. The highest BCUT2D eigenvalue weighted by molar-refractivity contribution is 5.72. The van der Waals surface area contributed by atoms with E-state index in [9.17, 15) is 9.90 Å². The van der Waals surface area contributed by atoms with Crippen LogP contribution in [0.5, 0.6) is 0 Å². The lowest BCUT2D eigenvalue weighted by molar-refractivity contribution is -0.149. The van der Waals surface area contributed by atoms with E-state index < -0.39 is 5.97 Å². The first-order valence-electron chi connectivity index (χ1n) is 7.26. The molecule has 0 spiro atoms. The molecular formula is C16H26O2. The zero-order chi connectivity index (χ0) is 13.6. The van der Waals surface area contributed by atoms with Crippen molar-refractivity contribution in [1.29, 1.82) is 0 Å². The molecule has 18 heavy (non-hydrogen) atoms. The molecule has 2 nitrogen and oxygen atoms in total. The van der Waals surface area contributed by atoms with Gasteiger partial charge in [-0.25, -0.2) is 0 Å². The summed E-state index contributed by atoms with van der Waals surface area (Å²) in [6.07, 6.45) is 7.57. The highest BCUT2D eigenvalue weighted by Crippen LogP contribution is 2.57. The molecule has 0 radical (unpaired) electrons. The van der Waals surface area contributed by atoms with Gasteiger partial charge in [-0.05, 0) is 42.4 Å². The lowest BCUT2D eigenvalue weighted by Gasteiger charge is -2.52. The molecule has 0 unspecified atom stereocenters. The van der Waals surface area contributed by atoms with Gasteiger partial charge in [0.15, 0.2) is 0 Å². The van der Waals surface area contributed by atoms with Gasteiger partial charge in [-0.15, -0.1) is 0 Å². The zero-order valence-corrected chi connectivity index (χ0v) is 12.1. The van der Waals surface area contributed by atoms with Crippen molar-refractivity contribution in [2.45, 2.75) is 59.8 Å². The van der Waals surface area contributed by atoms with Gasteiger partial charge in [0.2, 0.25) is 0 Å². The molecule has 0 aromatic heterocycles. The molecule has 0 bridgehead atoms. The fourth-order valence-corrected chi connectivity index (χ4v) is 4.26. The van der Waals surface area contributed by atoms with E-state index in [1.165, 1.54) is 24.8 Å². The molecule has 2 aliphatic carbocycles. The van der Waals surface area contributed by atoms with Crippen LogP contribution in [0.2, 0.25) is 0 Å². The van der Waals surface area contributed by atoms with Gasteiger partial charge in [0, 0.05) is 0 Å². The van der Waals surface area contributed by atoms with Crippen LogP contribution in [-0.4, -0.2) is 11.1 Å². The summed E-state index contributed by atoms with van der Waals surface area (Å²) < 4.78 is 0. The van der Waals surface area contributed by atoms with Crippen LogP contribution in [0.1, 0.15) is 59.8 Å². The van der Waals surface area contributed by atoms with E-state index in [2.05, 4.69) is 33.8 Å². The Morgan fingerprint density at radius 1 is 1.44 bits per heavy atom. The molecule has 0 saturated heterocycles. The van der Waals surface area contributed by atoms with Crippen LogP contribution in [0.3, 0.4) is 0 Å². The first-order valence-corrected chi connectivity index (χ1v) is 7.26. The highest BCUT2D eigenvalue weighted by atomic mass is 16.4. The number of aliphatic carboxylic acids is 1. The zero-order valence-electron chi connectivity index (χ0n) is 12.1. The Morgan fingerprint density at radius 3 is 2.67 bits per heavy atom. The number of hydrogen-bond donors (Lipinski definition) is 1. The van der Waals surface area contributed by atoms with Gasteiger partial charge >= 0.3 is 5.97 Å². The summed E-state index contributed by atoms with van der Waals surface area (Å²) in [7, 11) is 0. The largest absolute Gasteiger partial charge is 0.481 e. The molecule has 3 atom stereocenters. The minimum Gasteiger partial charge on any atom is -0.481 e. The molecule has 102 valence electrons. The predicted molar refractivity (Wildman–Crippen MR) is 73.3 cm³/mol. The van der Waals surface area contributed by atoms with E-state index in [1.807, 2.05) is 0 Å². The van der Waals surface area contributed by atoms with Gasteiger partial charge in [-0.1, -0.05) is 45.8 Å². The summed E-state index contributed by atoms with van der Waals surface area (Å²) >= 11 is 0. The van der Waals surface area contributed by atoms with E-state index in [-0.39, 0.29) is 16.7 Å². The van der Waals surface area contributed by atoms with Crippen molar-refractivity contribution < 1.29 is 9.90 Å². The maximum absolute atomic E-state index is 11.5. The Hall–Kier alpha value is -0.790. The van der Waals surface area contributed by atoms with Crippen molar-refractivity contribution in [2.24, 2.45) is 22.7 Å². The number of fused-ring (bicyclic) bond motifs is 1. The third-order valence-corrected chi connectivity index (χ3v) is 5.68. The second kappa shape index (κ2) is 4.40. The molecule has 1 saturated carbocycles. The molecule has 1 N–H and O–H groups in total. The fourth-order valence-electron chi connectivity index (χ4n) is 4.26. The molecule has 0 amide bonds. The second-order valence-corrected chi connectivity index (χ2v) is 6.97. The lowest BCUT2D eigenvalue weighted by Crippen LogP contribution is -2.46. The lowest BCUT2D eigenvalue weighted by atomic mass is 9.52. The van der Waals surface area contributed by atoms with Gasteiger partial charge in [-0.2, -0.15) is 0 Å². The van der Waals surface area contributed by atoms with Crippen LogP contribution in [0.25, 0.3) is 0 Å². The normalized spacial score (nSPS) is 38.8. The van der Waals surface area contributed by atoms with Gasteiger partial charge in [-0.3, -0.25) is 4.79 Å². The Kier molecular flexibility index (Phi) is 3.33. The molecular weight excluding hydrogens is 224 g/mol. The van der Waals surface area contributed by atoms with Gasteiger partial charge in [0.1, 0.15) is 0 Å². The molecule has 2 aliphatic rings. The first-order chi connectivity index (χ1) is 8.33. The van der Waals surface area contributed by atoms with Gasteiger partial charge in [0.05, 0.1) is 5.92 Å². The number of rotatable bonds is 2. The number of carbonyl (C=O) groups is 1. The summed E-state index contributed by atoms with van der Waals surface area (Å²) in [6, 6.07) is 0. The smallest absolute Gasteiger partial charge is 0.307 e. The quantitative estimate of drug-likeness (QED) is 0.743. The van der Waals surface area contributed by atoms with Gasteiger partial charge in [0.25, 0.3) is 0 Å². The van der Waals surface area contributed by atoms with E-state index >= 15 is 0 Å². The second-order valence-electron chi connectivity index (χ2n) is 6.97. The molecule has 0 heterocycles. The topological polar surface area (TPSA) is 37.3 Å². The summed E-state index contributed by atoms with van der Waals surface area (Å²) in [6.45, 7) is 9.00. The van der Waals surface area contributed by atoms with Crippen LogP contribution < -0.4 is 0 Å². The highest BCUT2D eigenvalue weighted by Gasteiger charge is 2.50.